The molecule has 0 unspecified atom stereocenters. The Balaban J connectivity index is 2.07. The van der Waals surface area contributed by atoms with Crippen LogP contribution in [0.15, 0.2) is 0 Å². The van der Waals surface area contributed by atoms with Gasteiger partial charge >= 0.3 is 5.97 Å². The van der Waals surface area contributed by atoms with Crippen molar-refractivity contribution in [2.24, 2.45) is 5.92 Å². The summed E-state index contributed by atoms with van der Waals surface area (Å²) in [6, 6.07) is 0. The SMILES string of the molecule is CCOC(=O)c1nnn(CC(=O)NCC2CC2)c1C(C)C. The van der Waals surface area contributed by atoms with Gasteiger partial charge in [0, 0.05) is 6.54 Å². The van der Waals surface area contributed by atoms with Crippen molar-refractivity contribution < 1.29 is 14.3 Å². The van der Waals surface area contributed by atoms with E-state index in [1.54, 1.807) is 6.92 Å². The zero-order chi connectivity index (χ0) is 15.4. The molecule has 2 rings (SSSR count). The van der Waals surface area contributed by atoms with E-state index >= 15 is 0 Å². The number of nitrogens with one attached hydrogen (secondary N) is 1. The summed E-state index contributed by atoms with van der Waals surface area (Å²) in [5.74, 6) is 0.0509. The van der Waals surface area contributed by atoms with Gasteiger partial charge in [0.1, 0.15) is 6.54 Å². The molecule has 0 saturated heterocycles. The highest BCUT2D eigenvalue weighted by molar-refractivity contribution is 5.88. The molecule has 1 amide bonds. The summed E-state index contributed by atoms with van der Waals surface area (Å²) in [4.78, 5) is 23.8. The monoisotopic (exact) mass is 294 g/mol. The molecule has 1 N–H and O–H groups in total. The number of hydrogen-bond acceptors (Lipinski definition) is 5. The second-order valence-electron chi connectivity index (χ2n) is 5.60. The molecule has 0 aromatic carbocycles. The largest absolute Gasteiger partial charge is 0.461 e. The average Bonchev–Trinajstić information content (AvgIpc) is 3.16. The summed E-state index contributed by atoms with van der Waals surface area (Å²) < 4.78 is 6.45. The second kappa shape index (κ2) is 6.69. The Morgan fingerprint density at radius 2 is 2.14 bits per heavy atom. The summed E-state index contributed by atoms with van der Waals surface area (Å²) in [5, 5.41) is 10.7. The van der Waals surface area contributed by atoms with E-state index in [4.69, 9.17) is 4.74 Å². The molecule has 0 aliphatic heterocycles. The van der Waals surface area contributed by atoms with Crippen molar-refractivity contribution in [1.82, 2.24) is 20.3 Å². The molecule has 1 saturated carbocycles. The maximum absolute atomic E-state index is 11.9. The first-order valence-electron chi connectivity index (χ1n) is 7.40. The highest BCUT2D eigenvalue weighted by Gasteiger charge is 2.25. The number of ether oxygens (including phenoxy) is 1. The molecule has 7 nitrogen and oxygen atoms in total. The van der Waals surface area contributed by atoms with Crippen molar-refractivity contribution in [3.05, 3.63) is 11.4 Å². The third-order valence-electron chi connectivity index (χ3n) is 3.37. The van der Waals surface area contributed by atoms with Gasteiger partial charge in [0.25, 0.3) is 0 Å². The summed E-state index contributed by atoms with van der Waals surface area (Å²) in [5.41, 5.74) is 0.830. The maximum Gasteiger partial charge on any atom is 0.360 e. The van der Waals surface area contributed by atoms with E-state index in [0.717, 1.165) is 6.54 Å². The molecule has 1 aliphatic carbocycles. The normalized spacial score (nSPS) is 14.3. The quantitative estimate of drug-likeness (QED) is 0.761. The number of aromatic nitrogens is 3. The maximum atomic E-state index is 11.9. The van der Waals surface area contributed by atoms with Crippen LogP contribution in [-0.2, 0) is 16.1 Å². The molecular formula is C14H22N4O3. The van der Waals surface area contributed by atoms with Crippen molar-refractivity contribution in [2.75, 3.05) is 13.2 Å². The van der Waals surface area contributed by atoms with E-state index in [9.17, 15) is 9.59 Å². The minimum atomic E-state index is -0.495. The Labute approximate surface area is 124 Å². The van der Waals surface area contributed by atoms with Gasteiger partial charge in [-0.05, 0) is 31.6 Å². The molecule has 21 heavy (non-hydrogen) atoms. The summed E-state index contributed by atoms with van der Waals surface area (Å²) in [7, 11) is 0. The van der Waals surface area contributed by atoms with Crippen LogP contribution in [0.3, 0.4) is 0 Å². The molecule has 116 valence electrons. The van der Waals surface area contributed by atoms with Crippen molar-refractivity contribution >= 4 is 11.9 Å². The summed E-state index contributed by atoms with van der Waals surface area (Å²) >= 11 is 0. The molecule has 1 aromatic heterocycles. The Kier molecular flexibility index (Phi) is 4.93. The number of esters is 1. The van der Waals surface area contributed by atoms with Gasteiger partial charge in [-0.3, -0.25) is 4.79 Å². The lowest BCUT2D eigenvalue weighted by Crippen LogP contribution is -2.30. The lowest BCUT2D eigenvalue weighted by molar-refractivity contribution is -0.122. The molecule has 1 fully saturated rings. The first kappa shape index (κ1) is 15.5. The van der Waals surface area contributed by atoms with Gasteiger partial charge in [-0.2, -0.15) is 0 Å². The smallest absolute Gasteiger partial charge is 0.360 e. The van der Waals surface area contributed by atoms with Gasteiger partial charge in [0.05, 0.1) is 12.3 Å². The number of hydrogen-bond donors (Lipinski definition) is 1. The zero-order valence-electron chi connectivity index (χ0n) is 12.8. The van der Waals surface area contributed by atoms with Crippen LogP contribution in [0.4, 0.5) is 0 Å². The van der Waals surface area contributed by atoms with Crippen LogP contribution in [0.25, 0.3) is 0 Å². The Hall–Kier alpha value is -1.92. The second-order valence-corrected chi connectivity index (χ2v) is 5.60. The molecule has 0 radical (unpaired) electrons. The molecule has 1 aromatic rings. The molecule has 0 bridgehead atoms. The Morgan fingerprint density at radius 1 is 1.43 bits per heavy atom. The van der Waals surface area contributed by atoms with E-state index in [2.05, 4.69) is 15.6 Å². The number of rotatable bonds is 7. The third kappa shape index (κ3) is 4.03. The van der Waals surface area contributed by atoms with Crippen LogP contribution < -0.4 is 5.32 Å². The molecule has 0 spiro atoms. The third-order valence-corrected chi connectivity index (χ3v) is 3.37. The Bertz CT molecular complexity index is 520. The van der Waals surface area contributed by atoms with Crippen LogP contribution >= 0.6 is 0 Å². The standard InChI is InChI=1S/C14H22N4O3/c1-4-21-14(20)12-13(9(2)3)18(17-16-12)8-11(19)15-7-10-5-6-10/h9-10H,4-8H2,1-3H3,(H,15,19). The number of carbonyl (C=O) groups is 2. The van der Waals surface area contributed by atoms with Gasteiger partial charge in [-0.25, -0.2) is 9.48 Å². The topological polar surface area (TPSA) is 86.1 Å². The van der Waals surface area contributed by atoms with E-state index in [0.29, 0.717) is 11.6 Å². The van der Waals surface area contributed by atoms with Gasteiger partial charge in [-0.1, -0.05) is 19.1 Å². The summed E-state index contributed by atoms with van der Waals surface area (Å²) in [6.07, 6.45) is 2.38. The van der Waals surface area contributed by atoms with Gasteiger partial charge in [-0.15, -0.1) is 5.10 Å². The first-order valence-corrected chi connectivity index (χ1v) is 7.40. The van der Waals surface area contributed by atoms with E-state index in [-0.39, 0.29) is 30.7 Å². The first-order chi connectivity index (χ1) is 10.0. The minimum absolute atomic E-state index is 0.0237. The highest BCUT2D eigenvalue weighted by Crippen LogP contribution is 2.27. The van der Waals surface area contributed by atoms with E-state index < -0.39 is 5.97 Å². The average molecular weight is 294 g/mol. The number of amides is 1. The minimum Gasteiger partial charge on any atom is -0.461 e. The fraction of sp³-hybridized carbons (Fsp3) is 0.714. The summed E-state index contributed by atoms with van der Waals surface area (Å²) in [6.45, 7) is 6.68. The van der Waals surface area contributed by atoms with Crippen LogP contribution in [-0.4, -0.2) is 40.0 Å². The fourth-order valence-corrected chi connectivity index (χ4v) is 2.13. The van der Waals surface area contributed by atoms with Crippen molar-refractivity contribution in [1.29, 1.82) is 0 Å². The number of carbonyl (C=O) groups excluding carboxylic acids is 2. The molecular weight excluding hydrogens is 272 g/mol. The fourth-order valence-electron chi connectivity index (χ4n) is 2.13. The number of nitrogens with zero attached hydrogens (tertiary/aromatic N) is 3. The predicted octanol–water partition coefficient (Wildman–Crippen LogP) is 1.10. The highest BCUT2D eigenvalue weighted by atomic mass is 16.5. The molecule has 0 atom stereocenters. The van der Waals surface area contributed by atoms with E-state index in [1.807, 2.05) is 13.8 Å². The van der Waals surface area contributed by atoms with Gasteiger partial charge < -0.3 is 10.1 Å². The van der Waals surface area contributed by atoms with Gasteiger partial charge in [0.15, 0.2) is 5.69 Å². The predicted molar refractivity (Wildman–Crippen MR) is 75.8 cm³/mol. The van der Waals surface area contributed by atoms with Crippen LogP contribution in [0.5, 0.6) is 0 Å². The van der Waals surface area contributed by atoms with Crippen LogP contribution in [0.2, 0.25) is 0 Å². The van der Waals surface area contributed by atoms with Crippen molar-refractivity contribution in [3.63, 3.8) is 0 Å². The lowest BCUT2D eigenvalue weighted by atomic mass is 10.1. The molecule has 1 heterocycles. The van der Waals surface area contributed by atoms with Gasteiger partial charge in [0.2, 0.25) is 5.91 Å². The Morgan fingerprint density at radius 3 is 2.71 bits per heavy atom. The van der Waals surface area contributed by atoms with Crippen LogP contribution in [0, 0.1) is 5.92 Å². The zero-order valence-corrected chi connectivity index (χ0v) is 12.8. The van der Waals surface area contributed by atoms with Crippen molar-refractivity contribution in [3.8, 4) is 0 Å². The van der Waals surface area contributed by atoms with E-state index in [1.165, 1.54) is 17.5 Å². The van der Waals surface area contributed by atoms with Crippen LogP contribution in [0.1, 0.15) is 55.7 Å². The lowest BCUT2D eigenvalue weighted by Gasteiger charge is -2.10. The van der Waals surface area contributed by atoms with Crippen molar-refractivity contribution in [2.45, 2.75) is 46.1 Å². The molecule has 1 aliphatic rings. The molecule has 7 heteroatoms.